The summed E-state index contributed by atoms with van der Waals surface area (Å²) in [5, 5.41) is 0. The molecule has 156 valence electrons. The molecule has 32 heavy (non-hydrogen) atoms. The number of ketones is 1. The van der Waals surface area contributed by atoms with Gasteiger partial charge < -0.3 is 9.47 Å². The van der Waals surface area contributed by atoms with E-state index in [4.69, 9.17) is 9.47 Å². The molecule has 0 bridgehead atoms. The van der Waals surface area contributed by atoms with E-state index in [1.807, 2.05) is 0 Å². The van der Waals surface area contributed by atoms with Crippen LogP contribution < -0.4 is 9.47 Å². The number of hydrogen-bond donors (Lipinski definition) is 0. The number of ether oxygens (including phenoxy) is 2. The third kappa shape index (κ3) is 4.79. The topological polar surface area (TPSA) is 69.7 Å². The SMILES string of the molecule is O=C(Oc1ccc(OC(=O)c2ccccc2)c(C(=O)c2ccccc2)c1)c1ccccc1. The van der Waals surface area contributed by atoms with Gasteiger partial charge in [-0.2, -0.15) is 0 Å². The van der Waals surface area contributed by atoms with E-state index >= 15 is 0 Å². The molecule has 5 nitrogen and oxygen atoms in total. The third-order valence-electron chi connectivity index (χ3n) is 4.66. The monoisotopic (exact) mass is 422 g/mol. The van der Waals surface area contributed by atoms with E-state index in [9.17, 15) is 14.4 Å². The molecule has 0 aliphatic carbocycles. The Bertz CT molecular complexity index is 1250. The van der Waals surface area contributed by atoms with E-state index < -0.39 is 11.9 Å². The highest BCUT2D eigenvalue weighted by Crippen LogP contribution is 2.28. The fourth-order valence-corrected chi connectivity index (χ4v) is 3.06. The van der Waals surface area contributed by atoms with Crippen molar-refractivity contribution in [1.82, 2.24) is 0 Å². The number of carbonyl (C=O) groups excluding carboxylic acids is 3. The first-order chi connectivity index (χ1) is 15.6. The second-order valence-corrected chi connectivity index (χ2v) is 6.86. The molecule has 4 aromatic carbocycles. The van der Waals surface area contributed by atoms with Crippen LogP contribution in [0, 0.1) is 0 Å². The summed E-state index contributed by atoms with van der Waals surface area (Å²) in [4.78, 5) is 38.1. The number of rotatable bonds is 6. The summed E-state index contributed by atoms with van der Waals surface area (Å²) in [5.41, 5.74) is 1.25. The summed E-state index contributed by atoms with van der Waals surface area (Å²) in [7, 11) is 0. The molecule has 0 aliphatic rings. The highest BCUT2D eigenvalue weighted by Gasteiger charge is 2.20. The van der Waals surface area contributed by atoms with E-state index in [2.05, 4.69) is 0 Å². The fraction of sp³-hybridized carbons (Fsp3) is 0. The van der Waals surface area contributed by atoms with E-state index in [1.54, 1.807) is 91.0 Å². The van der Waals surface area contributed by atoms with Gasteiger partial charge in [-0.1, -0.05) is 66.7 Å². The molecular weight excluding hydrogens is 404 g/mol. The van der Waals surface area contributed by atoms with Crippen LogP contribution in [0.25, 0.3) is 0 Å². The Balaban J connectivity index is 1.67. The summed E-state index contributed by atoms with van der Waals surface area (Å²) >= 11 is 0. The molecule has 0 spiro atoms. The van der Waals surface area contributed by atoms with Gasteiger partial charge in [-0.3, -0.25) is 4.79 Å². The Morgan fingerprint density at radius 3 is 1.50 bits per heavy atom. The van der Waals surface area contributed by atoms with Crippen LogP contribution in [0.4, 0.5) is 0 Å². The van der Waals surface area contributed by atoms with Crippen LogP contribution in [-0.2, 0) is 0 Å². The maximum atomic E-state index is 13.2. The lowest BCUT2D eigenvalue weighted by molar-refractivity contribution is 0.0717. The molecule has 0 aliphatic heterocycles. The van der Waals surface area contributed by atoms with Gasteiger partial charge in [-0.15, -0.1) is 0 Å². The molecule has 0 saturated heterocycles. The largest absolute Gasteiger partial charge is 0.423 e. The van der Waals surface area contributed by atoms with Crippen molar-refractivity contribution in [3.8, 4) is 11.5 Å². The van der Waals surface area contributed by atoms with Crippen molar-refractivity contribution in [2.75, 3.05) is 0 Å². The van der Waals surface area contributed by atoms with Crippen molar-refractivity contribution in [3.05, 3.63) is 131 Å². The molecule has 4 rings (SSSR count). The molecule has 0 atom stereocenters. The molecule has 0 radical (unpaired) electrons. The molecule has 4 aromatic rings. The zero-order chi connectivity index (χ0) is 22.3. The highest BCUT2D eigenvalue weighted by molar-refractivity contribution is 6.11. The average molecular weight is 422 g/mol. The number of benzene rings is 4. The van der Waals surface area contributed by atoms with E-state index in [0.29, 0.717) is 16.7 Å². The van der Waals surface area contributed by atoms with Gasteiger partial charge in [0, 0.05) is 5.56 Å². The molecule has 0 heterocycles. The first-order valence-corrected chi connectivity index (χ1v) is 9.90. The van der Waals surface area contributed by atoms with E-state index in [-0.39, 0.29) is 22.8 Å². The van der Waals surface area contributed by atoms with Gasteiger partial charge in [0.05, 0.1) is 16.7 Å². The average Bonchev–Trinajstić information content (AvgIpc) is 2.86. The lowest BCUT2D eigenvalue weighted by atomic mass is 10.0. The fourth-order valence-electron chi connectivity index (χ4n) is 3.06. The molecule has 0 unspecified atom stereocenters. The predicted octanol–water partition coefficient (Wildman–Crippen LogP) is 5.36. The highest BCUT2D eigenvalue weighted by atomic mass is 16.5. The van der Waals surface area contributed by atoms with Crippen LogP contribution in [-0.4, -0.2) is 17.7 Å². The maximum absolute atomic E-state index is 13.2. The zero-order valence-electron chi connectivity index (χ0n) is 16.9. The van der Waals surface area contributed by atoms with Gasteiger partial charge in [0.15, 0.2) is 5.78 Å². The molecule has 5 heteroatoms. The zero-order valence-corrected chi connectivity index (χ0v) is 16.9. The summed E-state index contributed by atoms with van der Waals surface area (Å²) in [6.07, 6.45) is 0. The van der Waals surface area contributed by atoms with Gasteiger partial charge in [0.25, 0.3) is 0 Å². The third-order valence-corrected chi connectivity index (χ3v) is 4.66. The molecular formula is C27H18O5. The quantitative estimate of drug-likeness (QED) is 0.238. The van der Waals surface area contributed by atoms with Crippen LogP contribution in [0.5, 0.6) is 11.5 Å². The Morgan fingerprint density at radius 1 is 0.500 bits per heavy atom. The normalized spacial score (nSPS) is 10.2. The smallest absolute Gasteiger partial charge is 0.343 e. The lowest BCUT2D eigenvalue weighted by Crippen LogP contribution is -2.13. The second kappa shape index (κ2) is 9.53. The van der Waals surface area contributed by atoms with E-state index in [0.717, 1.165) is 0 Å². The lowest BCUT2D eigenvalue weighted by Gasteiger charge is -2.12. The Morgan fingerprint density at radius 2 is 0.969 bits per heavy atom. The standard InChI is InChI=1S/C27H18O5/c28-25(19-10-4-1-5-11-19)23-18-22(31-26(29)20-12-6-2-7-13-20)16-17-24(23)32-27(30)21-14-8-3-9-15-21/h1-18H. The second-order valence-electron chi connectivity index (χ2n) is 6.86. The van der Waals surface area contributed by atoms with Crippen molar-refractivity contribution in [3.63, 3.8) is 0 Å². The Labute approximate surface area is 184 Å². The van der Waals surface area contributed by atoms with E-state index in [1.165, 1.54) is 18.2 Å². The van der Waals surface area contributed by atoms with Crippen LogP contribution in [0.3, 0.4) is 0 Å². The van der Waals surface area contributed by atoms with Crippen LogP contribution in [0.1, 0.15) is 36.6 Å². The summed E-state index contributed by atoms with van der Waals surface area (Å²) in [6.45, 7) is 0. The van der Waals surface area contributed by atoms with Gasteiger partial charge >= 0.3 is 11.9 Å². The molecule has 0 aromatic heterocycles. The Kier molecular flexibility index (Phi) is 6.18. The minimum Gasteiger partial charge on any atom is -0.423 e. The van der Waals surface area contributed by atoms with Crippen LogP contribution in [0.2, 0.25) is 0 Å². The van der Waals surface area contributed by atoms with Crippen LogP contribution >= 0.6 is 0 Å². The molecule has 0 fully saturated rings. The summed E-state index contributed by atoms with van der Waals surface area (Å²) in [6, 6.07) is 29.9. The van der Waals surface area contributed by atoms with Crippen molar-refractivity contribution in [2.24, 2.45) is 0 Å². The minimum absolute atomic E-state index is 0.0761. The van der Waals surface area contributed by atoms with Gasteiger partial charge in [-0.05, 0) is 42.5 Å². The molecule has 0 saturated carbocycles. The van der Waals surface area contributed by atoms with Gasteiger partial charge in [-0.25, -0.2) is 9.59 Å². The van der Waals surface area contributed by atoms with Crippen molar-refractivity contribution >= 4 is 17.7 Å². The van der Waals surface area contributed by atoms with Gasteiger partial charge in [0.1, 0.15) is 11.5 Å². The van der Waals surface area contributed by atoms with Crippen molar-refractivity contribution < 1.29 is 23.9 Å². The molecule has 0 amide bonds. The van der Waals surface area contributed by atoms with Crippen LogP contribution in [0.15, 0.2) is 109 Å². The number of esters is 2. The van der Waals surface area contributed by atoms with Crippen molar-refractivity contribution in [2.45, 2.75) is 0 Å². The maximum Gasteiger partial charge on any atom is 0.343 e. The number of hydrogen-bond acceptors (Lipinski definition) is 5. The molecule has 0 N–H and O–H groups in total. The predicted molar refractivity (Wildman–Crippen MR) is 119 cm³/mol. The summed E-state index contributed by atoms with van der Waals surface area (Å²) < 4.78 is 11.0. The number of carbonyl (C=O) groups is 3. The minimum atomic E-state index is -0.596. The van der Waals surface area contributed by atoms with Crippen molar-refractivity contribution in [1.29, 1.82) is 0 Å². The first kappa shape index (κ1) is 20.8. The Hall–Kier alpha value is -4.51. The van der Waals surface area contributed by atoms with Gasteiger partial charge in [0.2, 0.25) is 0 Å². The summed E-state index contributed by atoms with van der Waals surface area (Å²) in [5.74, 6) is -1.27. The first-order valence-electron chi connectivity index (χ1n) is 9.90.